The Kier molecular flexibility index (Phi) is 5.14. The van der Waals surface area contributed by atoms with Crippen LogP contribution in [0.1, 0.15) is 5.76 Å². The second kappa shape index (κ2) is 7.06. The van der Waals surface area contributed by atoms with E-state index >= 15 is 0 Å². The van der Waals surface area contributed by atoms with Gasteiger partial charge in [-0.25, -0.2) is 4.79 Å². The summed E-state index contributed by atoms with van der Waals surface area (Å²) >= 11 is 0. The van der Waals surface area contributed by atoms with Crippen LogP contribution in [0, 0.1) is 0 Å². The van der Waals surface area contributed by atoms with Gasteiger partial charge in [0, 0.05) is 13.1 Å². The molecule has 1 unspecified atom stereocenters. The average Bonchev–Trinajstić information content (AvgIpc) is 2.98. The number of methoxy groups -OCH3 is 1. The van der Waals surface area contributed by atoms with Gasteiger partial charge in [-0.1, -0.05) is 0 Å². The molecule has 0 radical (unpaired) electrons. The fourth-order valence-corrected chi connectivity index (χ4v) is 1.98. The van der Waals surface area contributed by atoms with E-state index < -0.39 is 12.1 Å². The third-order valence-corrected chi connectivity index (χ3v) is 3.02. The zero-order valence-corrected chi connectivity index (χ0v) is 11.3. The maximum atomic E-state index is 11.8. The largest absolute Gasteiger partial charge is 0.467 e. The molecule has 1 aliphatic heterocycles. The summed E-state index contributed by atoms with van der Waals surface area (Å²) in [5.74, 6) is 0.172. The van der Waals surface area contributed by atoms with Crippen LogP contribution < -0.4 is 5.32 Å². The summed E-state index contributed by atoms with van der Waals surface area (Å²) in [5, 5.41) is 2.76. The van der Waals surface area contributed by atoms with Crippen molar-refractivity contribution in [3.63, 3.8) is 0 Å². The molecule has 7 nitrogen and oxygen atoms in total. The number of morpholine rings is 1. The zero-order chi connectivity index (χ0) is 14.4. The highest BCUT2D eigenvalue weighted by Gasteiger charge is 2.28. The van der Waals surface area contributed by atoms with Gasteiger partial charge in [0.15, 0.2) is 6.10 Å². The number of esters is 1. The molecular weight excluding hydrogens is 264 g/mol. The average molecular weight is 282 g/mol. The van der Waals surface area contributed by atoms with E-state index in [4.69, 9.17) is 9.15 Å². The number of carbonyl (C=O) groups excluding carboxylic acids is 2. The molecule has 20 heavy (non-hydrogen) atoms. The molecule has 1 amide bonds. The molecule has 0 aliphatic carbocycles. The number of hydrogen-bond donors (Lipinski definition) is 1. The lowest BCUT2D eigenvalue weighted by Gasteiger charge is -2.30. The molecule has 110 valence electrons. The van der Waals surface area contributed by atoms with Crippen LogP contribution in [-0.4, -0.2) is 56.2 Å². The van der Waals surface area contributed by atoms with E-state index in [2.05, 4.69) is 10.1 Å². The molecular formula is C13H18N2O5. The normalized spacial score (nSPS) is 19.6. The van der Waals surface area contributed by atoms with Crippen molar-refractivity contribution in [2.75, 3.05) is 33.4 Å². The summed E-state index contributed by atoms with van der Waals surface area (Å²) in [6, 6.07) is 3.56. The lowest BCUT2D eigenvalue weighted by molar-refractivity contribution is -0.160. The molecule has 1 aromatic rings. The first kappa shape index (κ1) is 14.5. The number of nitrogens with zero attached hydrogens (tertiary/aromatic N) is 1. The van der Waals surface area contributed by atoms with Crippen LogP contribution in [0.2, 0.25) is 0 Å². The summed E-state index contributed by atoms with van der Waals surface area (Å²) in [6.07, 6.45) is 0.941. The van der Waals surface area contributed by atoms with Crippen LogP contribution in [0.4, 0.5) is 0 Å². The first-order chi connectivity index (χ1) is 9.69. The van der Waals surface area contributed by atoms with Crippen molar-refractivity contribution in [2.24, 2.45) is 0 Å². The second-order valence-electron chi connectivity index (χ2n) is 4.47. The zero-order valence-electron chi connectivity index (χ0n) is 11.3. The Morgan fingerprint density at radius 1 is 1.55 bits per heavy atom. The quantitative estimate of drug-likeness (QED) is 0.751. The van der Waals surface area contributed by atoms with E-state index in [9.17, 15) is 9.59 Å². The Morgan fingerprint density at radius 2 is 2.40 bits per heavy atom. The smallest absolute Gasteiger partial charge is 0.336 e. The van der Waals surface area contributed by atoms with Crippen LogP contribution in [-0.2, 0) is 25.6 Å². The van der Waals surface area contributed by atoms with Crippen molar-refractivity contribution in [1.82, 2.24) is 10.2 Å². The van der Waals surface area contributed by atoms with E-state index in [1.54, 1.807) is 18.4 Å². The van der Waals surface area contributed by atoms with Crippen molar-refractivity contribution in [3.8, 4) is 0 Å². The van der Waals surface area contributed by atoms with Crippen LogP contribution >= 0.6 is 0 Å². The lowest BCUT2D eigenvalue weighted by atomic mass is 10.2. The minimum atomic E-state index is -0.619. The Hall–Kier alpha value is -1.86. The first-order valence-corrected chi connectivity index (χ1v) is 6.40. The van der Waals surface area contributed by atoms with Crippen molar-refractivity contribution in [2.45, 2.75) is 12.6 Å². The topological polar surface area (TPSA) is 81.0 Å². The number of amides is 1. The third kappa shape index (κ3) is 4.07. The van der Waals surface area contributed by atoms with Gasteiger partial charge in [0.2, 0.25) is 5.91 Å². The molecule has 1 aliphatic rings. The van der Waals surface area contributed by atoms with E-state index in [0.717, 1.165) is 0 Å². The molecule has 0 aromatic carbocycles. The molecule has 2 heterocycles. The van der Waals surface area contributed by atoms with Gasteiger partial charge in [-0.3, -0.25) is 9.69 Å². The minimum Gasteiger partial charge on any atom is -0.467 e. The van der Waals surface area contributed by atoms with Gasteiger partial charge < -0.3 is 19.2 Å². The lowest BCUT2D eigenvalue weighted by Crippen LogP contribution is -2.49. The van der Waals surface area contributed by atoms with E-state index in [-0.39, 0.29) is 12.5 Å². The van der Waals surface area contributed by atoms with E-state index in [1.807, 2.05) is 4.90 Å². The summed E-state index contributed by atoms with van der Waals surface area (Å²) in [4.78, 5) is 25.1. The predicted molar refractivity (Wildman–Crippen MR) is 68.8 cm³/mol. The highest BCUT2D eigenvalue weighted by Crippen LogP contribution is 2.06. The molecule has 1 aromatic heterocycles. The van der Waals surface area contributed by atoms with Gasteiger partial charge in [0.1, 0.15) is 5.76 Å². The van der Waals surface area contributed by atoms with E-state index in [0.29, 0.717) is 32.0 Å². The molecule has 1 N–H and O–H groups in total. The number of carbonyl (C=O) groups is 2. The van der Waals surface area contributed by atoms with Crippen molar-refractivity contribution in [1.29, 1.82) is 0 Å². The Morgan fingerprint density at radius 3 is 3.10 bits per heavy atom. The van der Waals surface area contributed by atoms with Gasteiger partial charge in [-0.15, -0.1) is 0 Å². The Balaban J connectivity index is 1.74. The minimum absolute atomic E-state index is 0.119. The van der Waals surface area contributed by atoms with Crippen molar-refractivity contribution < 1.29 is 23.5 Å². The number of hydrogen-bond acceptors (Lipinski definition) is 6. The van der Waals surface area contributed by atoms with Crippen LogP contribution in [0.5, 0.6) is 0 Å². The standard InChI is InChI=1S/C13H18N2O5/c1-18-13(17)11-8-15(4-6-20-11)9-12(16)14-7-10-3-2-5-19-10/h2-3,5,11H,4,6-9H2,1H3,(H,14,16). The number of nitrogens with one attached hydrogen (secondary N) is 1. The van der Waals surface area contributed by atoms with Gasteiger partial charge in [0.25, 0.3) is 0 Å². The SMILES string of the molecule is COC(=O)C1CN(CC(=O)NCc2ccco2)CCO1. The molecule has 1 atom stereocenters. The van der Waals surface area contributed by atoms with Crippen molar-refractivity contribution in [3.05, 3.63) is 24.2 Å². The van der Waals surface area contributed by atoms with Gasteiger partial charge in [0.05, 0.1) is 33.1 Å². The predicted octanol–water partition coefficient (Wildman–Crippen LogP) is -0.230. The fourth-order valence-electron chi connectivity index (χ4n) is 1.98. The summed E-state index contributed by atoms with van der Waals surface area (Å²) in [5.41, 5.74) is 0. The molecule has 1 fully saturated rings. The molecule has 0 saturated carbocycles. The maximum Gasteiger partial charge on any atom is 0.336 e. The van der Waals surface area contributed by atoms with Crippen LogP contribution in [0.3, 0.4) is 0 Å². The van der Waals surface area contributed by atoms with Crippen LogP contribution in [0.25, 0.3) is 0 Å². The number of rotatable bonds is 5. The fraction of sp³-hybridized carbons (Fsp3) is 0.538. The molecule has 0 bridgehead atoms. The Labute approximate surface area is 116 Å². The molecule has 1 saturated heterocycles. The monoisotopic (exact) mass is 282 g/mol. The maximum absolute atomic E-state index is 11.8. The van der Waals surface area contributed by atoms with Gasteiger partial charge in [-0.05, 0) is 12.1 Å². The van der Waals surface area contributed by atoms with Gasteiger partial charge >= 0.3 is 5.97 Å². The number of furan rings is 1. The van der Waals surface area contributed by atoms with E-state index in [1.165, 1.54) is 7.11 Å². The summed E-state index contributed by atoms with van der Waals surface area (Å²) in [6.45, 7) is 1.96. The molecule has 0 spiro atoms. The third-order valence-electron chi connectivity index (χ3n) is 3.02. The van der Waals surface area contributed by atoms with Crippen molar-refractivity contribution >= 4 is 11.9 Å². The highest BCUT2D eigenvalue weighted by atomic mass is 16.6. The number of ether oxygens (including phenoxy) is 2. The second-order valence-corrected chi connectivity index (χ2v) is 4.47. The first-order valence-electron chi connectivity index (χ1n) is 6.40. The van der Waals surface area contributed by atoms with Gasteiger partial charge in [-0.2, -0.15) is 0 Å². The summed E-state index contributed by atoms with van der Waals surface area (Å²) in [7, 11) is 1.32. The van der Waals surface area contributed by atoms with Crippen LogP contribution in [0.15, 0.2) is 22.8 Å². The highest BCUT2D eigenvalue weighted by molar-refractivity contribution is 5.78. The molecule has 2 rings (SSSR count). The summed E-state index contributed by atoms with van der Waals surface area (Å²) < 4.78 is 15.1. The Bertz CT molecular complexity index is 446. The molecule has 7 heteroatoms.